The summed E-state index contributed by atoms with van der Waals surface area (Å²) < 4.78 is 0. The molecule has 19 heavy (non-hydrogen) atoms. The number of hydrogen-bond acceptors (Lipinski definition) is 4. The van der Waals surface area contributed by atoms with Gasteiger partial charge in [-0.15, -0.1) is 11.3 Å². The van der Waals surface area contributed by atoms with Gasteiger partial charge in [0, 0.05) is 22.8 Å². The maximum absolute atomic E-state index is 11.6. The van der Waals surface area contributed by atoms with Gasteiger partial charge in [0.1, 0.15) is 0 Å². The van der Waals surface area contributed by atoms with Gasteiger partial charge in [0.25, 0.3) is 0 Å². The number of aromatic nitrogens is 1. The van der Waals surface area contributed by atoms with Gasteiger partial charge in [0.05, 0.1) is 11.6 Å². The second-order valence-electron chi connectivity index (χ2n) is 4.07. The second kappa shape index (κ2) is 6.15. The van der Waals surface area contributed by atoms with Gasteiger partial charge < -0.3 is 11.1 Å². The van der Waals surface area contributed by atoms with Crippen molar-refractivity contribution in [3.63, 3.8) is 0 Å². The highest BCUT2D eigenvalue weighted by Crippen LogP contribution is 2.11. The largest absolute Gasteiger partial charge is 0.399 e. The topological polar surface area (TPSA) is 68.0 Å². The van der Waals surface area contributed by atoms with Crippen molar-refractivity contribution in [3.05, 3.63) is 52.0 Å². The van der Waals surface area contributed by atoms with E-state index in [-0.39, 0.29) is 5.91 Å². The molecule has 0 saturated carbocycles. The molecule has 0 unspecified atom stereocenters. The van der Waals surface area contributed by atoms with E-state index in [9.17, 15) is 4.79 Å². The van der Waals surface area contributed by atoms with Gasteiger partial charge in [-0.25, -0.2) is 4.98 Å². The molecule has 2 aromatic rings. The number of nitrogens with two attached hydrogens (primary N) is 1. The predicted octanol–water partition coefficient (Wildman–Crippen LogP) is 2.36. The molecule has 1 amide bonds. The van der Waals surface area contributed by atoms with E-state index in [0.717, 1.165) is 15.4 Å². The molecule has 0 bridgehead atoms. The number of carbonyl (C=O) groups is 1. The Morgan fingerprint density at radius 2 is 2.37 bits per heavy atom. The molecule has 2 rings (SSSR count). The minimum absolute atomic E-state index is 0.131. The van der Waals surface area contributed by atoms with Crippen molar-refractivity contribution < 1.29 is 4.79 Å². The highest BCUT2D eigenvalue weighted by atomic mass is 32.1. The van der Waals surface area contributed by atoms with Crippen LogP contribution in [0.1, 0.15) is 15.4 Å². The van der Waals surface area contributed by atoms with E-state index < -0.39 is 0 Å². The normalized spacial score (nSPS) is 10.8. The van der Waals surface area contributed by atoms with Gasteiger partial charge in [-0.05, 0) is 30.7 Å². The minimum atomic E-state index is -0.131. The average Bonchev–Trinajstić information content (AvgIpc) is 2.80. The summed E-state index contributed by atoms with van der Waals surface area (Å²) in [6.45, 7) is 2.45. The molecule has 0 aliphatic heterocycles. The molecule has 0 aliphatic carbocycles. The molecule has 0 fully saturated rings. The van der Waals surface area contributed by atoms with E-state index >= 15 is 0 Å². The predicted molar refractivity (Wildman–Crippen MR) is 78.6 cm³/mol. The lowest BCUT2D eigenvalue weighted by Gasteiger charge is -1.99. The van der Waals surface area contributed by atoms with Gasteiger partial charge in [-0.2, -0.15) is 0 Å². The molecule has 0 saturated heterocycles. The fraction of sp³-hybridized carbons (Fsp3) is 0.143. The van der Waals surface area contributed by atoms with E-state index in [0.29, 0.717) is 12.2 Å². The number of aryl methyl sites for hydroxylation is 1. The molecule has 0 aliphatic rings. The molecular weight excluding hydrogens is 258 g/mol. The van der Waals surface area contributed by atoms with Crippen LogP contribution in [0.15, 0.2) is 36.5 Å². The highest BCUT2D eigenvalue weighted by molar-refractivity contribution is 7.11. The first-order valence-electron chi connectivity index (χ1n) is 5.86. The lowest BCUT2D eigenvalue weighted by molar-refractivity contribution is -0.116. The zero-order valence-electron chi connectivity index (χ0n) is 10.6. The third-order valence-electron chi connectivity index (χ3n) is 2.44. The Hall–Kier alpha value is -2.14. The number of thiazole rings is 1. The summed E-state index contributed by atoms with van der Waals surface area (Å²) in [6, 6.07) is 7.37. The molecule has 1 heterocycles. The van der Waals surface area contributed by atoms with E-state index in [4.69, 9.17) is 5.73 Å². The summed E-state index contributed by atoms with van der Waals surface area (Å²) >= 11 is 1.58. The van der Waals surface area contributed by atoms with Crippen LogP contribution in [-0.4, -0.2) is 10.9 Å². The summed E-state index contributed by atoms with van der Waals surface area (Å²) in [5.74, 6) is -0.131. The van der Waals surface area contributed by atoms with Crippen molar-refractivity contribution in [2.24, 2.45) is 0 Å². The van der Waals surface area contributed by atoms with E-state index in [1.807, 2.05) is 31.2 Å². The minimum Gasteiger partial charge on any atom is -0.399 e. The molecule has 1 aromatic heterocycles. The van der Waals surface area contributed by atoms with Crippen molar-refractivity contribution in [1.29, 1.82) is 0 Å². The van der Waals surface area contributed by atoms with Crippen LogP contribution in [0.3, 0.4) is 0 Å². The zero-order chi connectivity index (χ0) is 13.7. The van der Waals surface area contributed by atoms with E-state index in [1.54, 1.807) is 23.6 Å². The SMILES string of the molecule is Cc1ncc(CNC(=O)/C=C/c2cccc(N)c2)s1. The van der Waals surface area contributed by atoms with Crippen LogP contribution < -0.4 is 11.1 Å². The van der Waals surface area contributed by atoms with Crippen molar-refractivity contribution in [3.8, 4) is 0 Å². The van der Waals surface area contributed by atoms with Crippen LogP contribution in [-0.2, 0) is 11.3 Å². The highest BCUT2D eigenvalue weighted by Gasteiger charge is 2.00. The Kier molecular flexibility index (Phi) is 4.30. The summed E-state index contributed by atoms with van der Waals surface area (Å²) in [5, 5.41) is 3.81. The quantitative estimate of drug-likeness (QED) is 0.664. The first-order valence-corrected chi connectivity index (χ1v) is 6.68. The van der Waals surface area contributed by atoms with Crippen LogP contribution in [0.4, 0.5) is 5.69 Å². The molecule has 0 spiro atoms. The lowest BCUT2D eigenvalue weighted by Crippen LogP contribution is -2.19. The number of nitrogens with one attached hydrogen (secondary N) is 1. The van der Waals surface area contributed by atoms with Crippen molar-refractivity contribution in [1.82, 2.24) is 10.3 Å². The summed E-state index contributed by atoms with van der Waals surface area (Å²) in [7, 11) is 0. The second-order valence-corrected chi connectivity index (χ2v) is 5.39. The standard InChI is InChI=1S/C14H15N3OS/c1-10-16-8-13(19-10)9-17-14(18)6-5-11-3-2-4-12(15)7-11/h2-8H,9,15H2,1H3,(H,17,18)/b6-5+. The number of hydrogen-bond donors (Lipinski definition) is 2. The average molecular weight is 273 g/mol. The van der Waals surface area contributed by atoms with E-state index in [2.05, 4.69) is 10.3 Å². The molecular formula is C14H15N3OS. The smallest absolute Gasteiger partial charge is 0.244 e. The maximum atomic E-state index is 11.6. The summed E-state index contributed by atoms with van der Waals surface area (Å²) in [6.07, 6.45) is 5.02. The molecule has 4 nitrogen and oxygen atoms in total. The lowest BCUT2D eigenvalue weighted by atomic mass is 10.2. The third-order valence-corrected chi connectivity index (χ3v) is 3.36. The number of nitrogens with zero attached hydrogens (tertiary/aromatic N) is 1. The van der Waals surface area contributed by atoms with Gasteiger partial charge in [-0.1, -0.05) is 12.1 Å². The Balaban J connectivity index is 1.87. The molecule has 0 atom stereocenters. The van der Waals surface area contributed by atoms with Gasteiger partial charge in [-0.3, -0.25) is 4.79 Å². The third kappa shape index (κ3) is 4.22. The first-order chi connectivity index (χ1) is 9.13. The molecule has 3 N–H and O–H groups in total. The van der Waals surface area contributed by atoms with Crippen LogP contribution >= 0.6 is 11.3 Å². The van der Waals surface area contributed by atoms with Gasteiger partial charge in [0.2, 0.25) is 5.91 Å². The summed E-state index contributed by atoms with van der Waals surface area (Å²) in [5.41, 5.74) is 7.25. The number of amides is 1. The first kappa shape index (κ1) is 13.3. The fourth-order valence-electron chi connectivity index (χ4n) is 1.55. The van der Waals surface area contributed by atoms with Crippen LogP contribution in [0.5, 0.6) is 0 Å². The number of anilines is 1. The van der Waals surface area contributed by atoms with Crippen molar-refractivity contribution in [2.75, 3.05) is 5.73 Å². The Morgan fingerprint density at radius 1 is 1.53 bits per heavy atom. The summed E-state index contributed by atoms with van der Waals surface area (Å²) in [4.78, 5) is 16.8. The molecule has 0 radical (unpaired) electrons. The molecule has 98 valence electrons. The van der Waals surface area contributed by atoms with Crippen LogP contribution in [0.25, 0.3) is 6.08 Å². The number of carbonyl (C=O) groups excluding carboxylic acids is 1. The Labute approximate surface area is 116 Å². The Morgan fingerprint density at radius 3 is 3.05 bits per heavy atom. The van der Waals surface area contributed by atoms with Crippen molar-refractivity contribution in [2.45, 2.75) is 13.5 Å². The van der Waals surface area contributed by atoms with Crippen molar-refractivity contribution >= 4 is 29.0 Å². The number of rotatable bonds is 4. The monoisotopic (exact) mass is 273 g/mol. The number of benzene rings is 1. The fourth-order valence-corrected chi connectivity index (χ4v) is 2.29. The van der Waals surface area contributed by atoms with Gasteiger partial charge in [0.15, 0.2) is 0 Å². The van der Waals surface area contributed by atoms with Crippen LogP contribution in [0.2, 0.25) is 0 Å². The molecule has 5 heteroatoms. The van der Waals surface area contributed by atoms with Gasteiger partial charge >= 0.3 is 0 Å². The number of nitrogen functional groups attached to an aromatic ring is 1. The van der Waals surface area contributed by atoms with E-state index in [1.165, 1.54) is 6.08 Å². The molecule has 1 aromatic carbocycles. The zero-order valence-corrected chi connectivity index (χ0v) is 11.4. The maximum Gasteiger partial charge on any atom is 0.244 e. The van der Waals surface area contributed by atoms with Crippen LogP contribution in [0, 0.1) is 6.92 Å². The Bertz CT molecular complexity index is 604.